The molecule has 0 atom stereocenters. The molecule has 0 fully saturated rings. The predicted octanol–water partition coefficient (Wildman–Crippen LogP) is 5.11. The lowest BCUT2D eigenvalue weighted by atomic mass is 10.0. The molecular formula is C20H15NOS. The number of benzene rings is 3. The zero-order chi connectivity index (χ0) is 15.8. The molecule has 0 bridgehead atoms. The van der Waals surface area contributed by atoms with E-state index in [0.29, 0.717) is 0 Å². The minimum absolute atomic E-state index is 0.0453. The van der Waals surface area contributed by atoms with E-state index in [1.807, 2.05) is 61.6 Å². The third kappa shape index (κ3) is 2.43. The van der Waals surface area contributed by atoms with Gasteiger partial charge in [0.25, 0.3) is 0 Å². The molecule has 3 aromatic carbocycles. The van der Waals surface area contributed by atoms with Gasteiger partial charge in [0.05, 0.1) is 10.7 Å². The second kappa shape index (κ2) is 5.60. The predicted molar refractivity (Wildman–Crippen MR) is 97.1 cm³/mol. The van der Waals surface area contributed by atoms with E-state index in [4.69, 9.17) is 0 Å². The van der Waals surface area contributed by atoms with Crippen molar-refractivity contribution in [2.24, 2.45) is 0 Å². The molecule has 23 heavy (non-hydrogen) atoms. The van der Waals surface area contributed by atoms with Gasteiger partial charge in [-0.3, -0.25) is 4.79 Å². The van der Waals surface area contributed by atoms with Gasteiger partial charge in [-0.1, -0.05) is 66.4 Å². The Morgan fingerprint density at radius 1 is 0.957 bits per heavy atom. The quantitative estimate of drug-likeness (QED) is 0.484. The van der Waals surface area contributed by atoms with Crippen LogP contribution in [0.3, 0.4) is 0 Å². The van der Waals surface area contributed by atoms with Crippen LogP contribution in [0, 0.1) is 0 Å². The highest BCUT2D eigenvalue weighted by Gasteiger charge is 2.22. The van der Waals surface area contributed by atoms with Crippen molar-refractivity contribution in [3.05, 3.63) is 83.4 Å². The van der Waals surface area contributed by atoms with E-state index in [9.17, 15) is 4.79 Å². The Labute approximate surface area is 139 Å². The molecule has 1 heterocycles. The van der Waals surface area contributed by atoms with Crippen LogP contribution in [0.25, 0.3) is 10.8 Å². The molecule has 4 rings (SSSR count). The summed E-state index contributed by atoms with van der Waals surface area (Å²) in [5, 5.41) is 3.05. The van der Waals surface area contributed by atoms with Crippen LogP contribution in [0.4, 0.5) is 5.69 Å². The SMILES string of the molecule is CN1C(=CC(=O)c2cccc3ccccc23)Sc2ccccc21. The van der Waals surface area contributed by atoms with Crippen LogP contribution in [0.2, 0.25) is 0 Å². The largest absolute Gasteiger partial charge is 0.338 e. The smallest absolute Gasteiger partial charge is 0.189 e. The molecule has 1 aliphatic heterocycles. The van der Waals surface area contributed by atoms with Crippen molar-refractivity contribution in [2.45, 2.75) is 4.90 Å². The molecule has 0 saturated carbocycles. The molecule has 0 spiro atoms. The van der Waals surface area contributed by atoms with Crippen molar-refractivity contribution >= 4 is 34.0 Å². The van der Waals surface area contributed by atoms with E-state index in [1.165, 1.54) is 4.90 Å². The summed E-state index contributed by atoms with van der Waals surface area (Å²) in [6, 6.07) is 22.1. The second-order valence-corrected chi connectivity index (χ2v) is 6.56. The lowest BCUT2D eigenvalue weighted by molar-refractivity contribution is 0.104. The number of para-hydroxylation sites is 1. The maximum absolute atomic E-state index is 12.8. The number of thioether (sulfide) groups is 1. The van der Waals surface area contributed by atoms with Gasteiger partial charge in [-0.05, 0) is 22.9 Å². The third-order valence-electron chi connectivity index (χ3n) is 4.08. The summed E-state index contributed by atoms with van der Waals surface area (Å²) in [5.41, 5.74) is 1.90. The maximum Gasteiger partial charge on any atom is 0.189 e. The van der Waals surface area contributed by atoms with Gasteiger partial charge in [-0.2, -0.15) is 0 Å². The highest BCUT2D eigenvalue weighted by atomic mass is 32.2. The first-order valence-corrected chi connectivity index (χ1v) is 8.30. The molecule has 112 valence electrons. The summed E-state index contributed by atoms with van der Waals surface area (Å²) in [5.74, 6) is 0.0453. The van der Waals surface area contributed by atoms with Gasteiger partial charge in [-0.15, -0.1) is 0 Å². The van der Waals surface area contributed by atoms with Crippen LogP contribution >= 0.6 is 11.8 Å². The van der Waals surface area contributed by atoms with Gasteiger partial charge >= 0.3 is 0 Å². The zero-order valence-corrected chi connectivity index (χ0v) is 13.5. The summed E-state index contributed by atoms with van der Waals surface area (Å²) < 4.78 is 0. The molecule has 3 heteroatoms. The van der Waals surface area contributed by atoms with Crippen LogP contribution in [-0.2, 0) is 0 Å². The fourth-order valence-electron chi connectivity index (χ4n) is 2.88. The minimum Gasteiger partial charge on any atom is -0.338 e. The Bertz CT molecular complexity index is 940. The Morgan fingerprint density at radius 3 is 2.57 bits per heavy atom. The Kier molecular flexibility index (Phi) is 3.43. The number of anilines is 1. The first-order valence-electron chi connectivity index (χ1n) is 7.48. The summed E-state index contributed by atoms with van der Waals surface area (Å²) in [4.78, 5) is 16.1. The number of hydrogen-bond donors (Lipinski definition) is 0. The molecular weight excluding hydrogens is 302 g/mol. The Balaban J connectivity index is 1.73. The summed E-state index contributed by atoms with van der Waals surface area (Å²) in [6.07, 6.45) is 1.74. The van der Waals surface area contributed by atoms with Crippen molar-refractivity contribution in [2.75, 3.05) is 11.9 Å². The molecule has 0 unspecified atom stereocenters. The average Bonchev–Trinajstić information content (AvgIpc) is 2.90. The molecule has 0 aliphatic carbocycles. The lowest BCUT2D eigenvalue weighted by Gasteiger charge is -2.13. The van der Waals surface area contributed by atoms with E-state index < -0.39 is 0 Å². The summed E-state index contributed by atoms with van der Waals surface area (Å²) in [6.45, 7) is 0. The van der Waals surface area contributed by atoms with Crippen LogP contribution in [0.1, 0.15) is 10.4 Å². The number of fused-ring (bicyclic) bond motifs is 2. The molecule has 0 saturated heterocycles. The van der Waals surface area contributed by atoms with Gasteiger partial charge in [0.15, 0.2) is 5.78 Å². The molecule has 0 N–H and O–H groups in total. The standard InChI is InChI=1S/C20H15NOS/c1-21-17-11-4-5-12-19(17)23-20(21)13-18(22)16-10-6-8-14-7-2-3-9-15(14)16/h2-13H,1H3. The lowest BCUT2D eigenvalue weighted by Crippen LogP contribution is -2.11. The average molecular weight is 317 g/mol. The van der Waals surface area contributed by atoms with E-state index in [1.54, 1.807) is 17.8 Å². The van der Waals surface area contributed by atoms with Gasteiger partial charge in [0, 0.05) is 23.6 Å². The highest BCUT2D eigenvalue weighted by Crippen LogP contribution is 2.44. The van der Waals surface area contributed by atoms with Gasteiger partial charge < -0.3 is 4.90 Å². The number of hydrogen-bond acceptors (Lipinski definition) is 3. The topological polar surface area (TPSA) is 20.3 Å². The van der Waals surface area contributed by atoms with Crippen molar-refractivity contribution in [3.8, 4) is 0 Å². The Hall–Kier alpha value is -2.52. The summed E-state index contributed by atoms with van der Waals surface area (Å²) in [7, 11) is 2.00. The van der Waals surface area contributed by atoms with Crippen molar-refractivity contribution < 1.29 is 4.79 Å². The fourth-order valence-corrected chi connectivity index (χ4v) is 3.96. The Morgan fingerprint density at radius 2 is 1.70 bits per heavy atom. The number of allylic oxidation sites excluding steroid dienone is 1. The van der Waals surface area contributed by atoms with E-state index in [-0.39, 0.29) is 5.78 Å². The zero-order valence-electron chi connectivity index (χ0n) is 12.7. The minimum atomic E-state index is 0.0453. The monoisotopic (exact) mass is 317 g/mol. The van der Waals surface area contributed by atoms with Crippen molar-refractivity contribution in [1.82, 2.24) is 0 Å². The van der Waals surface area contributed by atoms with E-state index in [0.717, 1.165) is 27.1 Å². The number of rotatable bonds is 2. The molecule has 0 amide bonds. The molecule has 2 nitrogen and oxygen atoms in total. The van der Waals surface area contributed by atoms with Crippen molar-refractivity contribution in [1.29, 1.82) is 0 Å². The maximum atomic E-state index is 12.8. The van der Waals surface area contributed by atoms with Crippen molar-refractivity contribution in [3.63, 3.8) is 0 Å². The van der Waals surface area contributed by atoms with Crippen LogP contribution in [0.5, 0.6) is 0 Å². The van der Waals surface area contributed by atoms with Gasteiger partial charge in [-0.25, -0.2) is 0 Å². The first-order chi connectivity index (χ1) is 11.2. The van der Waals surface area contributed by atoms with Crippen LogP contribution in [0.15, 0.2) is 82.7 Å². The fraction of sp³-hybridized carbons (Fsp3) is 0.0500. The van der Waals surface area contributed by atoms with E-state index in [2.05, 4.69) is 17.0 Å². The van der Waals surface area contributed by atoms with E-state index >= 15 is 0 Å². The van der Waals surface area contributed by atoms with Crippen LogP contribution in [-0.4, -0.2) is 12.8 Å². The summed E-state index contributed by atoms with van der Waals surface area (Å²) >= 11 is 1.64. The van der Waals surface area contributed by atoms with Gasteiger partial charge in [0.1, 0.15) is 0 Å². The first kappa shape index (κ1) is 14.1. The number of ketones is 1. The number of carbonyl (C=O) groups excluding carboxylic acids is 1. The normalized spacial score (nSPS) is 15.2. The van der Waals surface area contributed by atoms with Crippen LogP contribution < -0.4 is 4.90 Å². The van der Waals surface area contributed by atoms with Gasteiger partial charge in [0.2, 0.25) is 0 Å². The number of nitrogens with zero attached hydrogens (tertiary/aromatic N) is 1. The highest BCUT2D eigenvalue weighted by molar-refractivity contribution is 8.03. The second-order valence-electron chi connectivity index (χ2n) is 5.50. The molecule has 0 aromatic heterocycles. The third-order valence-corrected chi connectivity index (χ3v) is 5.25. The molecule has 3 aromatic rings. The molecule has 0 radical (unpaired) electrons. The number of carbonyl (C=O) groups is 1. The molecule has 1 aliphatic rings.